The Labute approximate surface area is 132 Å². The van der Waals surface area contributed by atoms with Crippen LogP contribution in [0.15, 0.2) is 40.9 Å². The molecule has 4 heteroatoms. The summed E-state index contributed by atoms with van der Waals surface area (Å²) in [6.45, 7) is 4.71. The van der Waals surface area contributed by atoms with Crippen molar-refractivity contribution in [1.29, 1.82) is 0 Å². The van der Waals surface area contributed by atoms with Gasteiger partial charge in [0.2, 0.25) is 0 Å². The minimum absolute atomic E-state index is 0.126. The topological polar surface area (TPSA) is 12.0 Å². The van der Waals surface area contributed by atoms with Crippen LogP contribution in [0.5, 0.6) is 0 Å². The van der Waals surface area contributed by atoms with Crippen molar-refractivity contribution in [2.24, 2.45) is 0 Å². The molecule has 0 heterocycles. The molecule has 1 nitrogen and oxygen atoms in total. The van der Waals surface area contributed by atoms with E-state index in [1.54, 1.807) is 0 Å². The lowest BCUT2D eigenvalue weighted by atomic mass is 9.97. The minimum atomic E-state index is -0.496. The van der Waals surface area contributed by atoms with Crippen LogP contribution in [0.3, 0.4) is 0 Å². The van der Waals surface area contributed by atoms with Gasteiger partial charge in [-0.25, -0.2) is 8.78 Å². The highest BCUT2D eigenvalue weighted by atomic mass is 79.9. The van der Waals surface area contributed by atoms with Gasteiger partial charge >= 0.3 is 0 Å². The second-order valence-electron chi connectivity index (χ2n) is 5.08. The van der Waals surface area contributed by atoms with E-state index in [1.807, 2.05) is 32.0 Å². The van der Waals surface area contributed by atoms with E-state index in [0.717, 1.165) is 22.1 Å². The molecule has 0 saturated heterocycles. The van der Waals surface area contributed by atoms with Crippen molar-refractivity contribution in [3.8, 4) is 0 Å². The Morgan fingerprint density at radius 1 is 1.14 bits per heavy atom. The van der Waals surface area contributed by atoms with E-state index in [2.05, 4.69) is 21.2 Å². The highest BCUT2D eigenvalue weighted by molar-refractivity contribution is 9.10. The third-order valence-electron chi connectivity index (χ3n) is 3.39. The molecular formula is C17H18BrF2N. The van der Waals surface area contributed by atoms with E-state index in [0.29, 0.717) is 0 Å². The predicted molar refractivity (Wildman–Crippen MR) is 85.4 cm³/mol. The highest BCUT2D eigenvalue weighted by Crippen LogP contribution is 2.25. The number of nitrogens with one attached hydrogen (secondary N) is 1. The lowest BCUT2D eigenvalue weighted by Gasteiger charge is -2.20. The summed E-state index contributed by atoms with van der Waals surface area (Å²) >= 11 is 3.47. The molecule has 1 atom stereocenters. The zero-order valence-electron chi connectivity index (χ0n) is 12.1. The summed E-state index contributed by atoms with van der Waals surface area (Å²) in [4.78, 5) is 0. The average Bonchev–Trinajstić information content (AvgIpc) is 2.40. The first kappa shape index (κ1) is 16.1. The molecule has 0 aliphatic rings. The van der Waals surface area contributed by atoms with Crippen molar-refractivity contribution in [2.45, 2.75) is 26.3 Å². The molecule has 0 fully saturated rings. The van der Waals surface area contributed by atoms with Crippen molar-refractivity contribution in [3.05, 3.63) is 69.2 Å². The van der Waals surface area contributed by atoms with Gasteiger partial charge in [0, 0.05) is 16.1 Å². The molecule has 112 valence electrons. The van der Waals surface area contributed by atoms with Crippen LogP contribution in [0.25, 0.3) is 0 Å². The van der Waals surface area contributed by atoms with Crippen molar-refractivity contribution < 1.29 is 8.78 Å². The molecule has 2 rings (SSSR count). The monoisotopic (exact) mass is 353 g/mol. The van der Waals surface area contributed by atoms with Gasteiger partial charge in [0.25, 0.3) is 0 Å². The molecule has 21 heavy (non-hydrogen) atoms. The van der Waals surface area contributed by atoms with Crippen LogP contribution in [-0.4, -0.2) is 6.54 Å². The smallest absolute Gasteiger partial charge is 0.129 e. The Morgan fingerprint density at radius 2 is 1.81 bits per heavy atom. The number of likely N-dealkylation sites (N-methyl/N-ethyl adjacent to an activating group) is 1. The number of hydrogen-bond donors (Lipinski definition) is 1. The van der Waals surface area contributed by atoms with Crippen LogP contribution < -0.4 is 5.32 Å². The quantitative estimate of drug-likeness (QED) is 0.803. The van der Waals surface area contributed by atoms with E-state index in [4.69, 9.17) is 0 Å². The molecule has 0 saturated carbocycles. The fourth-order valence-corrected chi connectivity index (χ4v) is 3.08. The summed E-state index contributed by atoms with van der Waals surface area (Å²) in [7, 11) is 0. The van der Waals surface area contributed by atoms with Gasteiger partial charge in [-0.15, -0.1) is 0 Å². The Hall–Kier alpha value is -1.26. The summed E-state index contributed by atoms with van der Waals surface area (Å²) in [5.74, 6) is -0.991. The first-order chi connectivity index (χ1) is 10.0. The normalized spacial score (nSPS) is 12.4. The fraction of sp³-hybridized carbons (Fsp3) is 0.294. The SMILES string of the molecule is CCNC(Cc1c(F)cccc1F)c1cc(C)cc(Br)c1. The first-order valence-electron chi connectivity index (χ1n) is 6.94. The summed E-state index contributed by atoms with van der Waals surface area (Å²) < 4.78 is 28.7. The Bertz CT molecular complexity index is 588. The van der Waals surface area contributed by atoms with Crippen molar-refractivity contribution in [2.75, 3.05) is 6.54 Å². The van der Waals surface area contributed by atoms with Crippen LogP contribution in [0.2, 0.25) is 0 Å². The molecule has 0 radical (unpaired) electrons. The van der Waals surface area contributed by atoms with Gasteiger partial charge in [0.05, 0.1) is 0 Å². The molecular weight excluding hydrogens is 336 g/mol. The number of hydrogen-bond acceptors (Lipinski definition) is 1. The van der Waals surface area contributed by atoms with Crippen LogP contribution in [0, 0.1) is 18.6 Å². The maximum Gasteiger partial charge on any atom is 0.129 e. The zero-order chi connectivity index (χ0) is 15.4. The average molecular weight is 354 g/mol. The van der Waals surface area contributed by atoms with E-state index >= 15 is 0 Å². The molecule has 1 unspecified atom stereocenters. The lowest BCUT2D eigenvalue weighted by Crippen LogP contribution is -2.24. The molecule has 0 bridgehead atoms. The van der Waals surface area contributed by atoms with Gasteiger partial charge in [-0.1, -0.05) is 35.0 Å². The van der Waals surface area contributed by atoms with Gasteiger partial charge in [0.15, 0.2) is 0 Å². The second kappa shape index (κ2) is 7.14. The molecule has 1 N–H and O–H groups in total. The molecule has 0 amide bonds. The van der Waals surface area contributed by atoms with E-state index < -0.39 is 11.6 Å². The van der Waals surface area contributed by atoms with Gasteiger partial charge < -0.3 is 5.32 Å². The minimum Gasteiger partial charge on any atom is -0.310 e. The number of benzene rings is 2. The lowest BCUT2D eigenvalue weighted by molar-refractivity contribution is 0.499. The van der Waals surface area contributed by atoms with Crippen molar-refractivity contribution in [3.63, 3.8) is 0 Å². The highest BCUT2D eigenvalue weighted by Gasteiger charge is 2.17. The van der Waals surface area contributed by atoms with Crippen LogP contribution in [0.4, 0.5) is 8.78 Å². The van der Waals surface area contributed by atoms with Gasteiger partial charge in [-0.2, -0.15) is 0 Å². The van der Waals surface area contributed by atoms with Gasteiger partial charge in [0.1, 0.15) is 11.6 Å². The third kappa shape index (κ3) is 4.11. The molecule has 0 aromatic heterocycles. The Morgan fingerprint density at radius 3 is 2.38 bits per heavy atom. The third-order valence-corrected chi connectivity index (χ3v) is 3.85. The number of rotatable bonds is 5. The summed E-state index contributed by atoms with van der Waals surface area (Å²) in [5.41, 5.74) is 2.25. The fourth-order valence-electron chi connectivity index (χ4n) is 2.45. The maximum absolute atomic E-state index is 13.8. The summed E-state index contributed by atoms with van der Waals surface area (Å²) in [6.07, 6.45) is 0.280. The standard InChI is InChI=1S/C17H18BrF2N/c1-3-21-17(12-7-11(2)8-13(18)9-12)10-14-15(19)5-4-6-16(14)20/h4-9,17,21H,3,10H2,1-2H3. The van der Waals surface area contributed by atoms with E-state index in [9.17, 15) is 8.78 Å². The molecule has 2 aromatic rings. The predicted octanol–water partition coefficient (Wildman–Crippen LogP) is 4.93. The van der Waals surface area contributed by atoms with Crippen LogP contribution >= 0.6 is 15.9 Å². The molecule has 0 spiro atoms. The van der Waals surface area contributed by atoms with E-state index in [-0.39, 0.29) is 18.0 Å². The Kier molecular flexibility index (Phi) is 5.48. The molecule has 2 aromatic carbocycles. The molecule has 0 aliphatic heterocycles. The van der Waals surface area contributed by atoms with Crippen molar-refractivity contribution in [1.82, 2.24) is 5.32 Å². The Balaban J connectivity index is 2.35. The van der Waals surface area contributed by atoms with Gasteiger partial charge in [-0.3, -0.25) is 0 Å². The molecule has 0 aliphatic carbocycles. The number of aryl methyl sites for hydroxylation is 1. The van der Waals surface area contributed by atoms with E-state index in [1.165, 1.54) is 18.2 Å². The largest absolute Gasteiger partial charge is 0.310 e. The first-order valence-corrected chi connectivity index (χ1v) is 7.74. The maximum atomic E-state index is 13.8. The second-order valence-corrected chi connectivity index (χ2v) is 5.99. The zero-order valence-corrected chi connectivity index (χ0v) is 13.7. The van der Waals surface area contributed by atoms with Crippen molar-refractivity contribution >= 4 is 15.9 Å². The van der Waals surface area contributed by atoms with Crippen LogP contribution in [-0.2, 0) is 6.42 Å². The summed E-state index contributed by atoms with van der Waals surface area (Å²) in [6, 6.07) is 9.89. The van der Waals surface area contributed by atoms with Crippen LogP contribution in [0.1, 0.15) is 29.7 Å². The number of halogens is 3. The summed E-state index contributed by atoms with van der Waals surface area (Å²) in [5, 5.41) is 3.30. The van der Waals surface area contributed by atoms with Gasteiger partial charge in [-0.05, 0) is 55.3 Å².